The summed E-state index contributed by atoms with van der Waals surface area (Å²) in [6.45, 7) is 1.78. The third-order valence-corrected chi connectivity index (χ3v) is 3.37. The van der Waals surface area contributed by atoms with Crippen molar-refractivity contribution in [2.45, 2.75) is 6.92 Å². The zero-order valence-corrected chi connectivity index (χ0v) is 11.9. The molecule has 0 bridgehead atoms. The second-order valence-corrected chi connectivity index (χ2v) is 4.85. The van der Waals surface area contributed by atoms with Gasteiger partial charge in [0.25, 0.3) is 0 Å². The number of nitrogens with zero attached hydrogens (tertiary/aromatic N) is 3. The normalized spacial score (nSPS) is 10.6. The molecule has 0 saturated heterocycles. The molecule has 0 unspecified atom stereocenters. The largest absolute Gasteiger partial charge is 0.478 e. The number of aryl methyl sites for hydroxylation is 1. The van der Waals surface area contributed by atoms with Gasteiger partial charge in [-0.25, -0.2) is 4.79 Å². The topological polar surface area (TPSA) is 94.0 Å². The summed E-state index contributed by atoms with van der Waals surface area (Å²) >= 11 is 0. The third-order valence-electron chi connectivity index (χ3n) is 3.37. The molecule has 0 amide bonds. The Bertz CT molecular complexity index is 838. The van der Waals surface area contributed by atoms with Gasteiger partial charge >= 0.3 is 5.97 Å². The molecule has 3 aromatic rings. The fraction of sp³-hybridized carbons (Fsp3) is 0.0625. The number of aromatic nitrogens is 3. The van der Waals surface area contributed by atoms with Gasteiger partial charge in [0.2, 0.25) is 0 Å². The molecule has 0 saturated carbocycles. The number of carbonyl (C=O) groups is 1. The van der Waals surface area contributed by atoms with Gasteiger partial charge in [-0.15, -0.1) is 10.2 Å². The Morgan fingerprint density at radius 1 is 1.09 bits per heavy atom. The van der Waals surface area contributed by atoms with Gasteiger partial charge in [-0.3, -0.25) is 4.57 Å². The molecule has 1 aromatic heterocycles. The SMILES string of the molecule is Cc1nnc(-c2ccc(N)cc2)n1-c1ccccc1C(=O)O. The summed E-state index contributed by atoms with van der Waals surface area (Å²) in [5.74, 6) is 0.193. The fourth-order valence-electron chi connectivity index (χ4n) is 2.32. The van der Waals surface area contributed by atoms with E-state index in [1.165, 1.54) is 0 Å². The van der Waals surface area contributed by atoms with Crippen LogP contribution in [0.4, 0.5) is 5.69 Å². The lowest BCUT2D eigenvalue weighted by Crippen LogP contribution is -2.07. The molecule has 110 valence electrons. The van der Waals surface area contributed by atoms with E-state index in [2.05, 4.69) is 10.2 Å². The van der Waals surface area contributed by atoms with E-state index in [1.807, 2.05) is 12.1 Å². The first-order valence-electron chi connectivity index (χ1n) is 6.68. The number of benzene rings is 2. The average molecular weight is 294 g/mol. The molecule has 1 heterocycles. The van der Waals surface area contributed by atoms with Crippen LogP contribution in [0.1, 0.15) is 16.2 Å². The summed E-state index contributed by atoms with van der Waals surface area (Å²) in [5, 5.41) is 17.6. The number of carboxylic acid groups (broad SMARTS) is 1. The fourth-order valence-corrected chi connectivity index (χ4v) is 2.32. The smallest absolute Gasteiger partial charge is 0.337 e. The first-order valence-corrected chi connectivity index (χ1v) is 6.68. The molecule has 6 nitrogen and oxygen atoms in total. The van der Waals surface area contributed by atoms with E-state index >= 15 is 0 Å². The van der Waals surface area contributed by atoms with Crippen molar-refractivity contribution >= 4 is 11.7 Å². The van der Waals surface area contributed by atoms with Crippen LogP contribution in [0.15, 0.2) is 48.5 Å². The van der Waals surface area contributed by atoms with Gasteiger partial charge in [0.15, 0.2) is 5.82 Å². The van der Waals surface area contributed by atoms with Crippen molar-refractivity contribution in [2.75, 3.05) is 5.73 Å². The van der Waals surface area contributed by atoms with Crippen LogP contribution in [0.5, 0.6) is 0 Å². The molecular weight excluding hydrogens is 280 g/mol. The summed E-state index contributed by atoms with van der Waals surface area (Å²) in [7, 11) is 0. The lowest BCUT2D eigenvalue weighted by molar-refractivity contribution is 0.0697. The van der Waals surface area contributed by atoms with E-state index in [-0.39, 0.29) is 5.56 Å². The van der Waals surface area contributed by atoms with Crippen molar-refractivity contribution in [3.8, 4) is 17.1 Å². The van der Waals surface area contributed by atoms with Gasteiger partial charge in [-0.1, -0.05) is 12.1 Å². The first kappa shape index (κ1) is 13.8. The molecule has 0 fully saturated rings. The monoisotopic (exact) mass is 294 g/mol. The molecular formula is C16H14N4O2. The molecule has 0 aliphatic rings. The molecule has 2 aromatic carbocycles. The van der Waals surface area contributed by atoms with Crippen LogP contribution in [-0.4, -0.2) is 25.8 Å². The number of carboxylic acids is 1. The molecule has 0 radical (unpaired) electrons. The van der Waals surface area contributed by atoms with Gasteiger partial charge in [-0.2, -0.15) is 0 Å². The van der Waals surface area contributed by atoms with E-state index in [0.717, 1.165) is 5.56 Å². The molecule has 3 rings (SSSR count). The quantitative estimate of drug-likeness (QED) is 0.724. The van der Waals surface area contributed by atoms with Crippen molar-refractivity contribution < 1.29 is 9.90 Å². The minimum absolute atomic E-state index is 0.196. The van der Waals surface area contributed by atoms with Crippen LogP contribution in [0.25, 0.3) is 17.1 Å². The van der Waals surface area contributed by atoms with Crippen molar-refractivity contribution in [1.82, 2.24) is 14.8 Å². The van der Waals surface area contributed by atoms with Crippen molar-refractivity contribution in [1.29, 1.82) is 0 Å². The predicted molar refractivity (Wildman–Crippen MR) is 82.9 cm³/mol. The lowest BCUT2D eigenvalue weighted by Gasteiger charge is -2.11. The summed E-state index contributed by atoms with van der Waals surface area (Å²) in [6.07, 6.45) is 0. The Balaban J connectivity index is 2.23. The highest BCUT2D eigenvalue weighted by Crippen LogP contribution is 2.25. The van der Waals surface area contributed by atoms with E-state index in [0.29, 0.717) is 23.0 Å². The summed E-state index contributed by atoms with van der Waals surface area (Å²) in [5.41, 5.74) is 7.90. The highest BCUT2D eigenvalue weighted by Gasteiger charge is 2.18. The molecule has 3 N–H and O–H groups in total. The Hall–Kier alpha value is -3.15. The maximum absolute atomic E-state index is 11.5. The number of para-hydroxylation sites is 1. The highest BCUT2D eigenvalue weighted by molar-refractivity contribution is 5.92. The Morgan fingerprint density at radius 3 is 2.45 bits per heavy atom. The number of aromatic carboxylic acids is 1. The number of hydrogen-bond donors (Lipinski definition) is 2. The van der Waals surface area contributed by atoms with E-state index in [1.54, 1.807) is 47.9 Å². The highest BCUT2D eigenvalue weighted by atomic mass is 16.4. The van der Waals surface area contributed by atoms with Crippen LogP contribution < -0.4 is 5.73 Å². The third kappa shape index (κ3) is 2.31. The number of nitrogens with two attached hydrogens (primary N) is 1. The van der Waals surface area contributed by atoms with Crippen LogP contribution >= 0.6 is 0 Å². The standard InChI is InChI=1S/C16H14N4O2/c1-10-18-19-15(11-6-8-12(17)9-7-11)20(10)14-5-3-2-4-13(14)16(21)22/h2-9H,17H2,1H3,(H,21,22). The van der Waals surface area contributed by atoms with E-state index in [9.17, 15) is 9.90 Å². The lowest BCUT2D eigenvalue weighted by atomic mass is 10.1. The number of anilines is 1. The second-order valence-electron chi connectivity index (χ2n) is 4.85. The zero-order chi connectivity index (χ0) is 15.7. The Morgan fingerprint density at radius 2 is 1.77 bits per heavy atom. The number of hydrogen-bond acceptors (Lipinski definition) is 4. The van der Waals surface area contributed by atoms with Crippen molar-refractivity contribution in [2.24, 2.45) is 0 Å². The van der Waals surface area contributed by atoms with Gasteiger partial charge in [0.1, 0.15) is 5.82 Å². The molecule has 22 heavy (non-hydrogen) atoms. The van der Waals surface area contributed by atoms with Gasteiger partial charge in [0.05, 0.1) is 11.3 Å². The van der Waals surface area contributed by atoms with Crippen LogP contribution in [0, 0.1) is 6.92 Å². The maximum Gasteiger partial charge on any atom is 0.337 e. The zero-order valence-electron chi connectivity index (χ0n) is 11.9. The number of nitrogen functional groups attached to an aromatic ring is 1. The van der Waals surface area contributed by atoms with E-state index < -0.39 is 5.97 Å². The van der Waals surface area contributed by atoms with Crippen molar-refractivity contribution in [3.05, 3.63) is 59.9 Å². The van der Waals surface area contributed by atoms with Gasteiger partial charge in [0, 0.05) is 11.3 Å². The Kier molecular flexibility index (Phi) is 3.34. The van der Waals surface area contributed by atoms with Gasteiger partial charge < -0.3 is 10.8 Å². The summed E-state index contributed by atoms with van der Waals surface area (Å²) < 4.78 is 1.73. The molecule has 0 spiro atoms. The summed E-state index contributed by atoms with van der Waals surface area (Å²) in [6, 6.07) is 14.0. The minimum Gasteiger partial charge on any atom is -0.478 e. The maximum atomic E-state index is 11.5. The number of rotatable bonds is 3. The molecule has 0 aliphatic carbocycles. The molecule has 6 heteroatoms. The molecule has 0 aliphatic heterocycles. The van der Waals surface area contributed by atoms with Gasteiger partial charge in [-0.05, 0) is 43.3 Å². The van der Waals surface area contributed by atoms with Crippen LogP contribution in [0.2, 0.25) is 0 Å². The van der Waals surface area contributed by atoms with E-state index in [4.69, 9.17) is 5.73 Å². The molecule has 0 atom stereocenters. The van der Waals surface area contributed by atoms with Crippen molar-refractivity contribution in [3.63, 3.8) is 0 Å². The second kappa shape index (κ2) is 5.33. The Labute approximate surface area is 126 Å². The average Bonchev–Trinajstić information content (AvgIpc) is 2.89. The van der Waals surface area contributed by atoms with Crippen LogP contribution in [0.3, 0.4) is 0 Å². The first-order chi connectivity index (χ1) is 10.6. The summed E-state index contributed by atoms with van der Waals surface area (Å²) in [4.78, 5) is 11.5. The van der Waals surface area contributed by atoms with Crippen LogP contribution in [-0.2, 0) is 0 Å². The minimum atomic E-state index is -0.994. The predicted octanol–water partition coefficient (Wildman–Crippen LogP) is 2.52.